The molecule has 17 heavy (non-hydrogen) atoms. The van der Waals surface area contributed by atoms with Crippen LogP contribution in [0.25, 0.3) is 0 Å². The molecule has 1 saturated heterocycles. The van der Waals surface area contributed by atoms with Gasteiger partial charge in [0.1, 0.15) is 6.17 Å². The summed E-state index contributed by atoms with van der Waals surface area (Å²) in [5, 5.41) is 5.27. The van der Waals surface area contributed by atoms with Crippen molar-refractivity contribution in [1.29, 1.82) is 0 Å². The number of halogens is 3. The van der Waals surface area contributed by atoms with Gasteiger partial charge in [-0.25, -0.2) is 9.37 Å². The number of hydrogen-bond acceptors (Lipinski definition) is 3. The molecule has 0 radical (unpaired) electrons. The fourth-order valence-electron chi connectivity index (χ4n) is 1.62. The first-order valence-electron chi connectivity index (χ1n) is 5.05. The maximum absolute atomic E-state index is 12.9. The second-order valence-electron chi connectivity index (χ2n) is 3.77. The second kappa shape index (κ2) is 5.05. The zero-order valence-electron chi connectivity index (χ0n) is 8.71. The molecule has 2 heterocycles. The van der Waals surface area contributed by atoms with Gasteiger partial charge in [0, 0.05) is 25.2 Å². The summed E-state index contributed by atoms with van der Waals surface area (Å²) in [7, 11) is 0. The first-order valence-corrected chi connectivity index (χ1v) is 5.85. The predicted octanol–water partition coefficient (Wildman–Crippen LogP) is 1.62. The molecule has 0 aromatic carbocycles. The Bertz CT molecular complexity index is 444. The molecule has 92 valence electrons. The van der Waals surface area contributed by atoms with Gasteiger partial charge in [-0.05, 0) is 15.9 Å². The van der Waals surface area contributed by atoms with Crippen molar-refractivity contribution in [2.45, 2.75) is 18.6 Å². The molecule has 1 aliphatic heterocycles. The molecule has 1 amide bonds. The number of amides is 1. The molecule has 7 heteroatoms. The van der Waals surface area contributed by atoms with E-state index in [1.807, 2.05) is 0 Å². The van der Waals surface area contributed by atoms with E-state index in [-0.39, 0.29) is 24.6 Å². The minimum atomic E-state index is -1.01. The van der Waals surface area contributed by atoms with E-state index in [1.54, 1.807) is 0 Å². The summed E-state index contributed by atoms with van der Waals surface area (Å²) in [6, 6.07) is 0.525. The largest absolute Gasteiger partial charge is 0.324 e. The highest BCUT2D eigenvalue weighted by Crippen LogP contribution is 2.22. The molecule has 1 aromatic rings. The van der Waals surface area contributed by atoms with Gasteiger partial charge < -0.3 is 10.6 Å². The van der Waals surface area contributed by atoms with Crippen LogP contribution < -0.4 is 10.6 Å². The van der Waals surface area contributed by atoms with E-state index in [0.717, 1.165) is 6.07 Å². The molecular weight excluding hydrogens is 296 g/mol. The molecule has 0 bridgehead atoms. The molecule has 2 N–H and O–H groups in total. The number of nitrogens with zero attached hydrogens (tertiary/aromatic N) is 1. The van der Waals surface area contributed by atoms with Gasteiger partial charge in [0.05, 0.1) is 16.2 Å². The third-order valence-electron chi connectivity index (χ3n) is 2.47. The standard InChI is InChI=1S/C10H10BrF2N3O/c11-6-4-15-9(13)2-7(6)16-10(17)8-1-5(12)3-14-8/h2,4-5,8,14H,1,3H2,(H,15,16,17). The maximum Gasteiger partial charge on any atom is 0.241 e. The van der Waals surface area contributed by atoms with Gasteiger partial charge in [0.2, 0.25) is 11.9 Å². The number of pyridine rings is 1. The van der Waals surface area contributed by atoms with Gasteiger partial charge in [-0.3, -0.25) is 4.79 Å². The van der Waals surface area contributed by atoms with Crippen molar-refractivity contribution in [2.75, 3.05) is 11.9 Å². The average molecular weight is 306 g/mol. The monoisotopic (exact) mass is 305 g/mol. The zero-order valence-corrected chi connectivity index (χ0v) is 10.3. The lowest BCUT2D eigenvalue weighted by Gasteiger charge is -2.11. The van der Waals surface area contributed by atoms with Gasteiger partial charge in [-0.2, -0.15) is 4.39 Å². The van der Waals surface area contributed by atoms with Crippen LogP contribution in [0, 0.1) is 5.95 Å². The Morgan fingerprint density at radius 2 is 2.41 bits per heavy atom. The van der Waals surface area contributed by atoms with Gasteiger partial charge in [0.15, 0.2) is 0 Å². The Labute approximate surface area is 105 Å². The average Bonchev–Trinajstić information content (AvgIpc) is 2.70. The van der Waals surface area contributed by atoms with Gasteiger partial charge >= 0.3 is 0 Å². The third kappa shape index (κ3) is 2.98. The van der Waals surface area contributed by atoms with Crippen LogP contribution in [0.3, 0.4) is 0 Å². The van der Waals surface area contributed by atoms with Crippen LogP contribution in [0.1, 0.15) is 6.42 Å². The molecule has 2 atom stereocenters. The zero-order chi connectivity index (χ0) is 12.4. The van der Waals surface area contributed by atoms with Gasteiger partial charge in [-0.1, -0.05) is 0 Å². The molecule has 0 spiro atoms. The Morgan fingerprint density at radius 3 is 3.06 bits per heavy atom. The Kier molecular flexibility index (Phi) is 3.68. The summed E-state index contributed by atoms with van der Waals surface area (Å²) in [5.74, 6) is -1.07. The van der Waals surface area contributed by atoms with E-state index >= 15 is 0 Å². The van der Waals surface area contributed by atoms with Crippen molar-refractivity contribution in [2.24, 2.45) is 0 Å². The second-order valence-corrected chi connectivity index (χ2v) is 4.62. The van der Waals surface area contributed by atoms with E-state index in [0.29, 0.717) is 4.47 Å². The summed E-state index contributed by atoms with van der Waals surface area (Å²) in [5.41, 5.74) is 0.284. The van der Waals surface area contributed by atoms with E-state index < -0.39 is 18.2 Å². The minimum absolute atomic E-state index is 0.136. The van der Waals surface area contributed by atoms with E-state index in [9.17, 15) is 13.6 Å². The van der Waals surface area contributed by atoms with Gasteiger partial charge in [0.25, 0.3) is 0 Å². The maximum atomic E-state index is 12.9. The highest BCUT2D eigenvalue weighted by molar-refractivity contribution is 9.10. The summed E-state index contributed by atoms with van der Waals surface area (Å²) in [4.78, 5) is 15.1. The summed E-state index contributed by atoms with van der Waals surface area (Å²) >= 11 is 3.14. The predicted molar refractivity (Wildman–Crippen MR) is 61.8 cm³/mol. The first kappa shape index (κ1) is 12.4. The summed E-state index contributed by atoms with van der Waals surface area (Å²) in [6.45, 7) is 0.171. The summed E-state index contributed by atoms with van der Waals surface area (Å²) in [6.07, 6.45) is 0.380. The molecule has 2 rings (SSSR count). The SMILES string of the molecule is O=C(Nc1cc(F)ncc1Br)C1CC(F)CN1. The van der Waals surface area contributed by atoms with Crippen LogP contribution >= 0.6 is 15.9 Å². The number of anilines is 1. The highest BCUT2D eigenvalue weighted by Gasteiger charge is 2.29. The molecule has 1 fully saturated rings. The molecule has 0 aliphatic carbocycles. The number of carbonyl (C=O) groups is 1. The van der Waals surface area contributed by atoms with Gasteiger partial charge in [-0.15, -0.1) is 0 Å². The minimum Gasteiger partial charge on any atom is -0.324 e. The fourth-order valence-corrected chi connectivity index (χ4v) is 1.94. The molecule has 1 aromatic heterocycles. The first-order chi connectivity index (χ1) is 8.06. The topological polar surface area (TPSA) is 54.0 Å². The lowest BCUT2D eigenvalue weighted by Crippen LogP contribution is -2.35. The van der Waals surface area contributed by atoms with Crippen molar-refractivity contribution in [3.63, 3.8) is 0 Å². The van der Waals surface area contributed by atoms with Crippen molar-refractivity contribution >= 4 is 27.5 Å². The van der Waals surface area contributed by atoms with Crippen molar-refractivity contribution in [1.82, 2.24) is 10.3 Å². The smallest absolute Gasteiger partial charge is 0.241 e. The Balaban J connectivity index is 2.05. The number of alkyl halides is 1. The fraction of sp³-hybridized carbons (Fsp3) is 0.400. The highest BCUT2D eigenvalue weighted by atomic mass is 79.9. The number of hydrogen-bond donors (Lipinski definition) is 2. The molecule has 1 aliphatic rings. The number of aromatic nitrogens is 1. The number of nitrogens with one attached hydrogen (secondary N) is 2. The van der Waals surface area contributed by atoms with Crippen LogP contribution in [0.4, 0.5) is 14.5 Å². The number of rotatable bonds is 2. The normalized spacial score (nSPS) is 23.7. The number of carbonyl (C=O) groups excluding carboxylic acids is 1. The lowest BCUT2D eigenvalue weighted by molar-refractivity contribution is -0.117. The molecular formula is C10H10BrF2N3O. The van der Waals surface area contributed by atoms with Crippen LogP contribution in [-0.4, -0.2) is 29.6 Å². The van der Waals surface area contributed by atoms with Crippen molar-refractivity contribution in [3.8, 4) is 0 Å². The Morgan fingerprint density at radius 1 is 1.65 bits per heavy atom. The van der Waals surface area contributed by atoms with Crippen LogP contribution in [0.15, 0.2) is 16.7 Å². The van der Waals surface area contributed by atoms with Crippen LogP contribution in [0.2, 0.25) is 0 Å². The summed E-state index contributed by atoms with van der Waals surface area (Å²) < 4.78 is 26.2. The van der Waals surface area contributed by atoms with Crippen LogP contribution in [-0.2, 0) is 4.79 Å². The molecule has 0 saturated carbocycles. The lowest BCUT2D eigenvalue weighted by atomic mass is 10.2. The van der Waals surface area contributed by atoms with Crippen molar-refractivity contribution < 1.29 is 13.6 Å². The van der Waals surface area contributed by atoms with Crippen molar-refractivity contribution in [3.05, 3.63) is 22.7 Å². The quantitative estimate of drug-likeness (QED) is 0.817. The van der Waals surface area contributed by atoms with E-state index in [2.05, 4.69) is 31.5 Å². The van der Waals surface area contributed by atoms with E-state index in [1.165, 1.54) is 6.20 Å². The molecule has 2 unspecified atom stereocenters. The van der Waals surface area contributed by atoms with Crippen LogP contribution in [0.5, 0.6) is 0 Å². The molecule has 4 nitrogen and oxygen atoms in total. The van der Waals surface area contributed by atoms with E-state index in [4.69, 9.17) is 0 Å². The third-order valence-corrected chi connectivity index (χ3v) is 3.11. The Hall–Kier alpha value is -1.08.